The smallest absolute Gasteiger partial charge is 0.341 e. The van der Waals surface area contributed by atoms with Gasteiger partial charge < -0.3 is 128 Å². The summed E-state index contributed by atoms with van der Waals surface area (Å²) in [6.07, 6.45) is 9.48. The van der Waals surface area contributed by atoms with Crippen LogP contribution < -0.4 is 122 Å². The van der Waals surface area contributed by atoms with E-state index < -0.39 is 107 Å². The van der Waals surface area contributed by atoms with Crippen molar-refractivity contribution in [2.75, 3.05) is 81.9 Å². The highest BCUT2D eigenvalue weighted by Gasteiger charge is 2.31. The largest absolute Gasteiger partial charge is 0.496 e. The number of amides is 9. The topological polar surface area (TPSA) is 636 Å². The molecule has 5 atom stereocenters. The number of carboxylic acid groups (broad SMARTS) is 1. The number of primary amides is 1. The number of carboxylic acids is 1. The van der Waals surface area contributed by atoms with Crippen LogP contribution in [0.5, 0.6) is 23.0 Å². The van der Waals surface area contributed by atoms with Gasteiger partial charge in [-0.25, -0.2) is 4.79 Å². The molecule has 38 nitrogen and oxygen atoms in total. The van der Waals surface area contributed by atoms with Crippen molar-refractivity contribution < 1.29 is 72.0 Å². The molecule has 0 fully saturated rings. The molecule has 30 N–H and O–H groups in total. The summed E-state index contributed by atoms with van der Waals surface area (Å²) in [5.74, 6) is -10.6. The lowest BCUT2D eigenvalue weighted by Crippen LogP contribution is -2.45. The van der Waals surface area contributed by atoms with E-state index in [-0.39, 0.29) is 151 Å². The van der Waals surface area contributed by atoms with Crippen molar-refractivity contribution in [2.45, 2.75) is 88.0 Å². The Labute approximate surface area is 615 Å². The van der Waals surface area contributed by atoms with E-state index in [4.69, 9.17) is 75.0 Å². The summed E-state index contributed by atoms with van der Waals surface area (Å²) in [6.45, 7) is 4.08. The van der Waals surface area contributed by atoms with Crippen LogP contribution in [0.25, 0.3) is 0 Å². The van der Waals surface area contributed by atoms with E-state index in [0.29, 0.717) is 30.7 Å². The Kier molecular flexibility index (Phi) is 33.7. The number of benzene rings is 4. The van der Waals surface area contributed by atoms with E-state index in [0.717, 1.165) is 6.07 Å². The molecule has 9 amide bonds. The molecule has 107 heavy (non-hydrogen) atoms. The van der Waals surface area contributed by atoms with E-state index in [2.05, 4.69) is 75.7 Å². The Bertz CT molecular complexity index is 4050. The molecule has 0 aliphatic carbocycles. The van der Waals surface area contributed by atoms with Crippen molar-refractivity contribution in [3.8, 4) is 23.0 Å². The first-order chi connectivity index (χ1) is 51.0. The van der Waals surface area contributed by atoms with Gasteiger partial charge in [0.15, 0.2) is 30.4 Å². The van der Waals surface area contributed by atoms with Gasteiger partial charge in [-0.15, -0.1) is 0 Å². The summed E-state index contributed by atoms with van der Waals surface area (Å²) in [6, 6.07) is 9.37. The quantitative estimate of drug-likeness (QED) is 0.0156. The maximum atomic E-state index is 14.6. The molecule has 5 rings (SSSR count). The van der Waals surface area contributed by atoms with Crippen LogP contribution >= 0.6 is 0 Å². The third-order valence-electron chi connectivity index (χ3n) is 15.7. The Balaban J connectivity index is 1.41. The Morgan fingerprint density at radius 3 is 1.17 bits per heavy atom. The molecule has 0 bridgehead atoms. The third-order valence-corrected chi connectivity index (χ3v) is 15.7. The van der Waals surface area contributed by atoms with Gasteiger partial charge in [-0.3, -0.25) is 64.8 Å². The molecule has 0 spiro atoms. The number of carbonyl (C=O) groups is 10. The lowest BCUT2D eigenvalue weighted by Gasteiger charge is -2.22. The summed E-state index contributed by atoms with van der Waals surface area (Å²) < 4.78 is 22.0. The Morgan fingerprint density at radius 2 is 0.822 bits per heavy atom. The number of hydrogen-bond acceptors (Lipinski definition) is 20. The molecule has 1 aliphatic heterocycles. The predicted molar refractivity (Wildman–Crippen MR) is 400 cm³/mol. The standard InChI is InChI=1S/C69H93N23O15/c1-37-12-6-5-7-25-80-35-38(37)30-51(57(71)95)92-60(98)45-33-41(19-23-54(45)106-4)87-65(103)50(16-11-29-84-69(78)79)91-61(99)46-34-42(20-24-55(46)107-36-56(93)94)88-64(102)49(15-10-28-83-68(76)77)90-59(97)44-32-40(18-22-53(44)105-3)86-63(101)48(14-9-27-82-67(74)75)89-58(96)43-31-39(17-21-52(43)104-2)85-62(100)47(70)13-8-26-81-66(72)73/h5-7,12,17-24,31-35,47-51,80H,1,8-11,13-16,25-30,36,70H2,2-4H3,(H2,71,95)(H,85,100)(H,86,101)(H,87,103)(H,88,102)(H,89,96)(H,90,97)(H,91,99)(H,92,98)(H,93,94)(H4,72,73,81)(H4,74,75,82)(H4,76,77,83)(H4,78,79,84)/b7-5-,12-6-,38-35-/t47-,48-,49-,50-,51-/m1/s1. The van der Waals surface area contributed by atoms with Gasteiger partial charge in [0.05, 0.1) is 49.6 Å². The van der Waals surface area contributed by atoms with E-state index in [1.807, 2.05) is 12.2 Å². The zero-order chi connectivity index (χ0) is 78.7. The number of hydrogen-bond donors (Lipinski definition) is 24. The number of nitrogens with two attached hydrogens (primary N) is 6. The van der Waals surface area contributed by atoms with Gasteiger partial charge in [-0.1, -0.05) is 30.9 Å². The number of rotatable bonds is 41. The molecular formula is C69H93N23O15. The zero-order valence-corrected chi connectivity index (χ0v) is 59.1. The van der Waals surface area contributed by atoms with Crippen molar-refractivity contribution in [1.82, 2.24) is 47.9 Å². The molecule has 1 heterocycles. The SMILES string of the molecule is C=C1/C=C\C=C/CN/C=C\1C[C@@H](NC(=O)c1cc(NC(=O)[C@@H](CCCNC(=N)N)NC(=O)c2cc(NC(=O)[C@@H](CCCNC(=N)N)NC(=O)c3cc(NC(=O)[C@@H](CCCNC(=N)N)NC(=O)c4cc(NC(=O)[C@H](N)CCCNC(=N)N)ccc4OC)ccc3OC)ccc2OCC(=O)O)ccc1OC)C(N)=O. The van der Waals surface area contributed by atoms with Crippen LogP contribution in [0.2, 0.25) is 0 Å². The predicted octanol–water partition coefficient (Wildman–Crippen LogP) is -0.165. The first-order valence-corrected chi connectivity index (χ1v) is 33.3. The number of nitrogens with one attached hydrogen (secondary N) is 17. The van der Waals surface area contributed by atoms with Gasteiger partial charge in [0, 0.05) is 68.1 Å². The zero-order valence-electron chi connectivity index (χ0n) is 59.1. The summed E-state index contributed by atoms with van der Waals surface area (Å²) in [7, 11) is 3.86. The average Bonchev–Trinajstić information content (AvgIpc) is 0.925. The van der Waals surface area contributed by atoms with E-state index in [9.17, 15) is 53.1 Å². The number of ether oxygens (including phenoxy) is 4. The van der Waals surface area contributed by atoms with Crippen molar-refractivity contribution in [3.63, 3.8) is 0 Å². The first-order valence-electron chi connectivity index (χ1n) is 33.3. The summed E-state index contributed by atoms with van der Waals surface area (Å²) in [4.78, 5) is 138. The second kappa shape index (κ2) is 42.9. The van der Waals surface area contributed by atoms with Crippen LogP contribution in [0.15, 0.2) is 121 Å². The minimum absolute atomic E-state index is 0.00508. The van der Waals surface area contributed by atoms with Gasteiger partial charge in [0.1, 0.15) is 47.2 Å². The minimum Gasteiger partial charge on any atom is -0.496 e. The molecular weight excluding hydrogens is 1390 g/mol. The van der Waals surface area contributed by atoms with E-state index >= 15 is 0 Å². The van der Waals surface area contributed by atoms with E-state index in [1.54, 1.807) is 18.4 Å². The number of carbonyl (C=O) groups excluding carboxylic acids is 9. The number of anilines is 4. The van der Waals surface area contributed by atoms with Crippen LogP contribution in [0.3, 0.4) is 0 Å². The fourth-order valence-electron chi connectivity index (χ4n) is 10.3. The molecule has 0 unspecified atom stereocenters. The molecule has 0 saturated carbocycles. The molecule has 4 aromatic carbocycles. The monoisotopic (exact) mass is 1480 g/mol. The molecule has 574 valence electrons. The molecule has 4 aromatic rings. The Hall–Kier alpha value is -13.4. The van der Waals surface area contributed by atoms with Gasteiger partial charge in [-0.2, -0.15) is 0 Å². The molecule has 0 saturated heterocycles. The summed E-state index contributed by atoms with van der Waals surface area (Å²) in [5, 5.41) is 74.8. The summed E-state index contributed by atoms with van der Waals surface area (Å²) >= 11 is 0. The average molecular weight is 1480 g/mol. The van der Waals surface area contributed by atoms with Crippen molar-refractivity contribution >= 4 is 106 Å². The van der Waals surface area contributed by atoms with Crippen LogP contribution in [0.1, 0.15) is 99.2 Å². The van der Waals surface area contributed by atoms with Crippen LogP contribution in [0.4, 0.5) is 22.7 Å². The highest BCUT2D eigenvalue weighted by atomic mass is 16.5. The molecule has 1 aliphatic rings. The first kappa shape index (κ1) is 84.2. The van der Waals surface area contributed by atoms with Gasteiger partial charge in [-0.05, 0) is 135 Å². The number of allylic oxidation sites excluding steroid dienone is 4. The second-order valence-corrected chi connectivity index (χ2v) is 23.7. The van der Waals surface area contributed by atoms with Gasteiger partial charge in [0.2, 0.25) is 29.5 Å². The summed E-state index contributed by atoms with van der Waals surface area (Å²) in [5.41, 5.74) is 34.1. The maximum Gasteiger partial charge on any atom is 0.341 e. The molecule has 0 aromatic heterocycles. The fraction of sp³-hybridized carbons (Fsp3) is 0.333. The van der Waals surface area contributed by atoms with Crippen molar-refractivity contribution in [3.05, 3.63) is 143 Å². The van der Waals surface area contributed by atoms with Crippen LogP contribution in [-0.4, -0.2) is 179 Å². The minimum atomic E-state index is -1.45. The van der Waals surface area contributed by atoms with E-state index in [1.165, 1.54) is 88.1 Å². The van der Waals surface area contributed by atoms with Crippen LogP contribution in [0, 0.1) is 21.6 Å². The lowest BCUT2D eigenvalue weighted by atomic mass is 9.99. The van der Waals surface area contributed by atoms with Crippen molar-refractivity contribution in [1.29, 1.82) is 21.6 Å². The number of guanidine groups is 4. The van der Waals surface area contributed by atoms with Gasteiger partial charge in [0.25, 0.3) is 23.6 Å². The molecule has 0 radical (unpaired) electrons. The molecule has 38 heteroatoms. The number of methoxy groups -OCH3 is 3. The highest BCUT2D eigenvalue weighted by molar-refractivity contribution is 6.08. The fourth-order valence-corrected chi connectivity index (χ4v) is 10.3. The normalized spacial score (nSPS) is 13.9. The van der Waals surface area contributed by atoms with Crippen LogP contribution in [-0.2, 0) is 28.8 Å². The van der Waals surface area contributed by atoms with Gasteiger partial charge >= 0.3 is 5.97 Å². The maximum absolute atomic E-state index is 14.6. The third kappa shape index (κ3) is 28.4. The highest BCUT2D eigenvalue weighted by Crippen LogP contribution is 2.29. The Morgan fingerprint density at radius 1 is 0.486 bits per heavy atom. The lowest BCUT2D eigenvalue weighted by molar-refractivity contribution is -0.139. The van der Waals surface area contributed by atoms with Crippen molar-refractivity contribution in [2.24, 2.45) is 34.4 Å². The second-order valence-electron chi connectivity index (χ2n) is 23.7. The number of aliphatic carboxylic acids is 1.